The molecule has 4 N–H and O–H groups in total. The lowest BCUT2D eigenvalue weighted by molar-refractivity contribution is -0.137. The van der Waals surface area contributed by atoms with E-state index in [-0.39, 0.29) is 28.5 Å². The number of aromatic nitrogens is 6. The van der Waals surface area contributed by atoms with Gasteiger partial charge in [0.2, 0.25) is 11.8 Å². The molecule has 1 unspecified atom stereocenters. The second-order valence-electron chi connectivity index (χ2n) is 9.35. The van der Waals surface area contributed by atoms with Crippen molar-refractivity contribution in [3.05, 3.63) is 63.4 Å². The summed E-state index contributed by atoms with van der Waals surface area (Å²) in [6, 6.07) is 5.62. The number of benzene rings is 1. The summed E-state index contributed by atoms with van der Waals surface area (Å²) in [5, 5.41) is 30.8. The van der Waals surface area contributed by atoms with Crippen LogP contribution in [0.3, 0.4) is 0 Å². The van der Waals surface area contributed by atoms with E-state index in [2.05, 4.69) is 48.7 Å². The number of rotatable bonds is 3. The number of allylic oxidation sites excluding steroid dienone is 1. The lowest BCUT2D eigenvalue weighted by Gasteiger charge is -2.41. The minimum Gasteiger partial charge on any atom is -0.420 e. The van der Waals surface area contributed by atoms with Crippen LogP contribution in [0.2, 0.25) is 0 Å². The fraction of sp³-hybridized carbons (Fsp3) is 0.375. The van der Waals surface area contributed by atoms with E-state index in [1.165, 1.54) is 0 Å². The monoisotopic (exact) mass is 496 g/mol. The smallest absolute Gasteiger partial charge is 0.416 e. The number of tetrazole rings is 1. The van der Waals surface area contributed by atoms with Crippen LogP contribution in [0, 0.1) is 36.0 Å². The van der Waals surface area contributed by atoms with E-state index < -0.39 is 28.5 Å². The van der Waals surface area contributed by atoms with Gasteiger partial charge in [-0.25, -0.2) is 0 Å². The molecule has 0 aliphatic carbocycles. The maximum Gasteiger partial charge on any atom is 0.416 e. The van der Waals surface area contributed by atoms with Gasteiger partial charge in [-0.3, -0.25) is 5.10 Å². The number of aryl methyl sites for hydroxylation is 1. The first-order valence-electron chi connectivity index (χ1n) is 11.0. The molecule has 0 spiro atoms. The second kappa shape index (κ2) is 8.41. The zero-order valence-corrected chi connectivity index (χ0v) is 20.2. The number of halogens is 3. The molecule has 9 nitrogen and oxygen atoms in total. The Balaban J connectivity index is 2.04. The van der Waals surface area contributed by atoms with Crippen LogP contribution in [0.25, 0.3) is 0 Å². The Morgan fingerprint density at radius 2 is 1.89 bits per heavy atom. The van der Waals surface area contributed by atoms with Crippen molar-refractivity contribution in [2.24, 2.45) is 11.7 Å². The van der Waals surface area contributed by atoms with Crippen molar-refractivity contribution in [2.45, 2.75) is 51.6 Å². The molecule has 12 heteroatoms. The first-order valence-corrected chi connectivity index (χ1v) is 11.0. The van der Waals surface area contributed by atoms with Crippen LogP contribution >= 0.6 is 0 Å². The first kappa shape index (κ1) is 24.8. The highest BCUT2D eigenvalue weighted by molar-refractivity contribution is 5.63. The van der Waals surface area contributed by atoms with Crippen LogP contribution in [-0.4, -0.2) is 30.8 Å². The molecule has 0 saturated heterocycles. The standard InChI is InChI=1S/C24H23F3N8O/c1-12(2)23(17(11-28)19(29)36-20-18(23)13(3)30-31-20)15-8-14(9-16(10-15)24(25,26)27)6-7-22(4,5)21-32-34-35-33-21/h8-10,12H,29H2,1-5H3,(H,30,31)(H,32,33,34,35). The summed E-state index contributed by atoms with van der Waals surface area (Å²) in [6.45, 7) is 8.77. The van der Waals surface area contributed by atoms with Crippen molar-refractivity contribution in [2.75, 3.05) is 0 Å². The largest absolute Gasteiger partial charge is 0.420 e. The van der Waals surface area contributed by atoms with Gasteiger partial charge in [-0.2, -0.15) is 23.6 Å². The van der Waals surface area contributed by atoms with Gasteiger partial charge in [-0.1, -0.05) is 30.9 Å². The van der Waals surface area contributed by atoms with Gasteiger partial charge in [-0.05, 0) is 50.5 Å². The van der Waals surface area contributed by atoms with Crippen LogP contribution in [0.1, 0.15) is 61.5 Å². The number of nitrogens with zero attached hydrogens (tertiary/aromatic N) is 5. The second-order valence-corrected chi connectivity index (χ2v) is 9.35. The Kier molecular flexibility index (Phi) is 5.79. The van der Waals surface area contributed by atoms with Crippen LogP contribution in [0.4, 0.5) is 13.2 Å². The zero-order valence-electron chi connectivity index (χ0n) is 20.2. The van der Waals surface area contributed by atoms with Crippen molar-refractivity contribution in [3.8, 4) is 23.8 Å². The van der Waals surface area contributed by atoms with E-state index in [4.69, 9.17) is 10.5 Å². The van der Waals surface area contributed by atoms with Crippen LogP contribution in [0.15, 0.2) is 29.7 Å². The predicted octanol–water partition coefficient (Wildman–Crippen LogP) is 3.61. The van der Waals surface area contributed by atoms with Crippen molar-refractivity contribution >= 4 is 0 Å². The Morgan fingerprint density at radius 1 is 1.17 bits per heavy atom. The molecular formula is C24H23F3N8O. The van der Waals surface area contributed by atoms with Gasteiger partial charge >= 0.3 is 6.18 Å². The molecule has 3 heterocycles. The van der Waals surface area contributed by atoms with Crippen molar-refractivity contribution in [1.82, 2.24) is 30.8 Å². The molecule has 1 atom stereocenters. The van der Waals surface area contributed by atoms with E-state index in [1.807, 2.05) is 0 Å². The molecule has 36 heavy (non-hydrogen) atoms. The van der Waals surface area contributed by atoms with E-state index in [0.29, 0.717) is 17.1 Å². The fourth-order valence-corrected chi connectivity index (χ4v) is 4.56. The van der Waals surface area contributed by atoms with Crippen molar-refractivity contribution < 1.29 is 17.9 Å². The summed E-state index contributed by atoms with van der Waals surface area (Å²) in [4.78, 5) is 0. The molecule has 4 rings (SSSR count). The summed E-state index contributed by atoms with van der Waals surface area (Å²) >= 11 is 0. The Bertz CT molecular complexity index is 1450. The van der Waals surface area contributed by atoms with Gasteiger partial charge in [0.05, 0.1) is 22.0 Å². The first-order chi connectivity index (χ1) is 16.8. The predicted molar refractivity (Wildman–Crippen MR) is 122 cm³/mol. The Morgan fingerprint density at radius 3 is 2.47 bits per heavy atom. The van der Waals surface area contributed by atoms with Gasteiger partial charge in [0.15, 0.2) is 5.82 Å². The summed E-state index contributed by atoms with van der Waals surface area (Å²) in [6.07, 6.45) is -4.67. The third kappa shape index (κ3) is 3.85. The molecule has 1 aromatic carbocycles. The number of nitrogens with two attached hydrogens (primary N) is 1. The maximum atomic E-state index is 14.1. The molecule has 2 aromatic heterocycles. The molecule has 0 fully saturated rings. The summed E-state index contributed by atoms with van der Waals surface area (Å²) < 4.78 is 47.8. The molecule has 0 bridgehead atoms. The molecule has 1 aliphatic heterocycles. The molecule has 1 aliphatic rings. The molecular weight excluding hydrogens is 473 g/mol. The molecule has 0 amide bonds. The third-order valence-corrected chi connectivity index (χ3v) is 6.27. The minimum atomic E-state index is -4.67. The quantitative estimate of drug-likeness (QED) is 0.470. The SMILES string of the molecule is Cc1[nH]nc2c1C(c1cc(C#CC(C)(C)c3nn[nH]n3)cc(C(F)(F)F)c1)(C(C)C)C(C#N)=C(N)O2. The van der Waals surface area contributed by atoms with E-state index >= 15 is 0 Å². The number of aromatic amines is 2. The van der Waals surface area contributed by atoms with E-state index in [9.17, 15) is 18.4 Å². The average molecular weight is 496 g/mol. The number of ether oxygens (including phenoxy) is 1. The van der Waals surface area contributed by atoms with Crippen LogP contribution < -0.4 is 10.5 Å². The summed E-state index contributed by atoms with van der Waals surface area (Å²) in [5.74, 6) is 5.56. The molecule has 3 aromatic rings. The Hall–Kier alpha value is -4.32. The highest BCUT2D eigenvalue weighted by Crippen LogP contribution is 2.53. The maximum absolute atomic E-state index is 14.1. The third-order valence-electron chi connectivity index (χ3n) is 6.27. The van der Waals surface area contributed by atoms with Gasteiger partial charge < -0.3 is 10.5 Å². The van der Waals surface area contributed by atoms with E-state index in [1.54, 1.807) is 40.7 Å². The van der Waals surface area contributed by atoms with Crippen molar-refractivity contribution in [3.63, 3.8) is 0 Å². The van der Waals surface area contributed by atoms with Crippen LogP contribution in [0.5, 0.6) is 5.88 Å². The number of H-pyrrole nitrogens is 2. The number of nitrogens with one attached hydrogen (secondary N) is 2. The highest BCUT2D eigenvalue weighted by Gasteiger charge is 2.51. The van der Waals surface area contributed by atoms with Gasteiger partial charge in [-0.15, -0.1) is 15.3 Å². The number of hydrogen-bond donors (Lipinski definition) is 3. The van der Waals surface area contributed by atoms with Gasteiger partial charge in [0.25, 0.3) is 0 Å². The summed E-state index contributed by atoms with van der Waals surface area (Å²) in [5.41, 5.74) is 4.22. The van der Waals surface area contributed by atoms with Gasteiger partial charge in [0.1, 0.15) is 11.6 Å². The lowest BCUT2D eigenvalue weighted by atomic mass is 9.61. The normalized spacial score (nSPS) is 17.8. The molecule has 0 radical (unpaired) electrons. The topological polar surface area (TPSA) is 142 Å². The fourth-order valence-electron chi connectivity index (χ4n) is 4.56. The zero-order chi connectivity index (χ0) is 26.5. The number of nitriles is 1. The summed E-state index contributed by atoms with van der Waals surface area (Å²) in [7, 11) is 0. The highest BCUT2D eigenvalue weighted by atomic mass is 19.4. The lowest BCUT2D eigenvalue weighted by Crippen LogP contribution is -2.41. The number of fused-ring (bicyclic) bond motifs is 1. The van der Waals surface area contributed by atoms with E-state index in [0.717, 1.165) is 12.1 Å². The van der Waals surface area contributed by atoms with Crippen molar-refractivity contribution in [1.29, 1.82) is 5.26 Å². The molecule has 0 saturated carbocycles. The average Bonchev–Trinajstić information content (AvgIpc) is 3.47. The number of alkyl halides is 3. The number of hydrogen-bond acceptors (Lipinski definition) is 7. The van der Waals surface area contributed by atoms with Gasteiger partial charge in [0, 0.05) is 11.3 Å². The minimum absolute atomic E-state index is 0.000129. The Labute approximate surface area is 204 Å². The molecule has 186 valence electrons. The van der Waals surface area contributed by atoms with Crippen LogP contribution in [-0.2, 0) is 17.0 Å².